The summed E-state index contributed by atoms with van der Waals surface area (Å²) < 4.78 is 0. The molecule has 0 saturated heterocycles. The van der Waals surface area contributed by atoms with Crippen LogP contribution in [0.2, 0.25) is 0 Å². The predicted molar refractivity (Wildman–Crippen MR) is 161 cm³/mol. The molecular weight excluding hydrogens is 446 g/mol. The molecule has 1 nitrogen and oxygen atoms in total. The lowest BCUT2D eigenvalue weighted by atomic mass is 9.92. The molecule has 0 fully saturated rings. The van der Waals surface area contributed by atoms with Crippen LogP contribution in [-0.4, -0.2) is 0 Å². The van der Waals surface area contributed by atoms with Gasteiger partial charge in [-0.25, -0.2) is 0 Å². The minimum atomic E-state index is 0.444. The van der Waals surface area contributed by atoms with Gasteiger partial charge in [-0.05, 0) is 65.8 Å². The van der Waals surface area contributed by atoms with Gasteiger partial charge < -0.3 is 4.90 Å². The first-order valence-electron chi connectivity index (χ1n) is 13.1. The summed E-state index contributed by atoms with van der Waals surface area (Å²) in [5, 5.41) is 0. The molecule has 0 amide bonds. The molecule has 0 aliphatic heterocycles. The van der Waals surface area contributed by atoms with E-state index in [9.17, 15) is 0 Å². The molecule has 1 atom stereocenters. The molecule has 0 aromatic heterocycles. The molecule has 2 aliphatic rings. The van der Waals surface area contributed by atoms with Gasteiger partial charge in [0.2, 0.25) is 0 Å². The summed E-state index contributed by atoms with van der Waals surface area (Å²) in [4.78, 5) is 2.27. The predicted octanol–water partition coefficient (Wildman–Crippen LogP) is 10.1. The van der Waals surface area contributed by atoms with E-state index in [4.69, 9.17) is 0 Å². The van der Waals surface area contributed by atoms with E-state index in [0.717, 1.165) is 30.6 Å². The van der Waals surface area contributed by atoms with Crippen molar-refractivity contribution in [1.29, 1.82) is 0 Å². The molecule has 3 aromatic carbocycles. The van der Waals surface area contributed by atoms with Gasteiger partial charge in [-0.3, -0.25) is 0 Å². The summed E-state index contributed by atoms with van der Waals surface area (Å²) in [6, 6.07) is 26.6. The van der Waals surface area contributed by atoms with Crippen LogP contribution in [0.1, 0.15) is 36.3 Å². The van der Waals surface area contributed by atoms with Crippen molar-refractivity contribution >= 4 is 16.9 Å². The maximum Gasteiger partial charge on any atom is 0.0533 e. The van der Waals surface area contributed by atoms with Crippen molar-refractivity contribution in [2.45, 2.75) is 25.2 Å². The van der Waals surface area contributed by atoms with E-state index in [-0.39, 0.29) is 0 Å². The third-order valence-corrected chi connectivity index (χ3v) is 6.92. The lowest BCUT2D eigenvalue weighted by Gasteiger charge is -2.25. The first-order valence-corrected chi connectivity index (χ1v) is 13.1. The number of para-hydroxylation sites is 1. The van der Waals surface area contributed by atoms with Crippen molar-refractivity contribution in [2.75, 3.05) is 4.90 Å². The molecule has 0 bridgehead atoms. The van der Waals surface area contributed by atoms with Crippen LogP contribution >= 0.6 is 0 Å². The molecule has 3 aromatic rings. The van der Waals surface area contributed by atoms with Gasteiger partial charge in [-0.2, -0.15) is 0 Å². The standard InChI is InChI=1S/C36H33N/c1-2-3-4-13-28-37(34-26-24-32(25-27-34)30-16-9-6-10-17-30)36-19-12-11-18-35(36)33-22-20-31(21-23-33)29-14-7-5-8-15-29/h2-7,9-14,16,18-28,30H,1,8,15,17H2/b4-3-,28-13+. The molecule has 0 heterocycles. The fourth-order valence-corrected chi connectivity index (χ4v) is 4.93. The zero-order chi connectivity index (χ0) is 25.3. The van der Waals surface area contributed by atoms with E-state index in [1.54, 1.807) is 6.08 Å². The van der Waals surface area contributed by atoms with Crippen LogP contribution in [0.3, 0.4) is 0 Å². The number of anilines is 2. The summed E-state index contributed by atoms with van der Waals surface area (Å²) in [5.41, 5.74) is 8.74. The summed E-state index contributed by atoms with van der Waals surface area (Å²) >= 11 is 0. The Morgan fingerprint density at radius 3 is 2.30 bits per heavy atom. The molecule has 2 aliphatic carbocycles. The molecule has 1 unspecified atom stereocenters. The molecule has 1 heteroatoms. The quantitative estimate of drug-likeness (QED) is 0.290. The zero-order valence-electron chi connectivity index (χ0n) is 21.2. The van der Waals surface area contributed by atoms with E-state index in [1.807, 2.05) is 12.2 Å². The van der Waals surface area contributed by atoms with Gasteiger partial charge >= 0.3 is 0 Å². The van der Waals surface area contributed by atoms with Crippen molar-refractivity contribution < 1.29 is 0 Å². The second-order valence-electron chi connectivity index (χ2n) is 9.33. The molecule has 0 saturated carbocycles. The Labute approximate surface area is 221 Å². The van der Waals surface area contributed by atoms with Crippen LogP contribution in [0.4, 0.5) is 11.4 Å². The summed E-state index contributed by atoms with van der Waals surface area (Å²) in [6.07, 6.45) is 28.6. The Morgan fingerprint density at radius 2 is 1.57 bits per heavy atom. The summed E-state index contributed by atoms with van der Waals surface area (Å²) in [7, 11) is 0. The SMILES string of the molecule is C=C/C=C\C=C\N(c1ccc(C2C=CC=CC2)cc1)c1ccccc1-c1ccc(C2=CC=CCC2)cc1. The van der Waals surface area contributed by atoms with E-state index >= 15 is 0 Å². The summed E-state index contributed by atoms with van der Waals surface area (Å²) in [5.74, 6) is 0.444. The normalized spacial score (nSPS) is 16.9. The van der Waals surface area contributed by atoms with Crippen LogP contribution in [0.25, 0.3) is 16.7 Å². The Kier molecular flexibility index (Phi) is 7.93. The first-order chi connectivity index (χ1) is 18.3. The molecule has 182 valence electrons. The van der Waals surface area contributed by atoms with Crippen LogP contribution in [0, 0.1) is 0 Å². The number of benzene rings is 3. The monoisotopic (exact) mass is 479 g/mol. The highest BCUT2D eigenvalue weighted by atomic mass is 15.1. The van der Waals surface area contributed by atoms with Gasteiger partial charge in [0.05, 0.1) is 5.69 Å². The smallest absolute Gasteiger partial charge is 0.0533 e. The number of hydrogen-bond acceptors (Lipinski definition) is 1. The van der Waals surface area contributed by atoms with Gasteiger partial charge in [0.1, 0.15) is 0 Å². The van der Waals surface area contributed by atoms with Gasteiger partial charge in [-0.15, -0.1) is 0 Å². The zero-order valence-corrected chi connectivity index (χ0v) is 21.2. The Bertz CT molecular complexity index is 1390. The van der Waals surface area contributed by atoms with Crippen LogP contribution < -0.4 is 4.90 Å². The minimum Gasteiger partial charge on any atom is -0.317 e. The molecule has 0 spiro atoms. The molecule has 37 heavy (non-hydrogen) atoms. The van der Waals surface area contributed by atoms with E-state index < -0.39 is 0 Å². The second-order valence-corrected chi connectivity index (χ2v) is 9.33. The van der Waals surface area contributed by atoms with Crippen LogP contribution in [-0.2, 0) is 0 Å². The Hall–Kier alpha value is -4.36. The number of allylic oxidation sites excluding steroid dienone is 12. The number of hydrogen-bond donors (Lipinski definition) is 0. The highest BCUT2D eigenvalue weighted by Crippen LogP contribution is 2.37. The fraction of sp³-hybridized carbons (Fsp3) is 0.111. The average Bonchev–Trinajstić information content (AvgIpc) is 2.98. The topological polar surface area (TPSA) is 3.24 Å². The second kappa shape index (κ2) is 12.1. The van der Waals surface area contributed by atoms with Crippen molar-refractivity contribution in [1.82, 2.24) is 0 Å². The van der Waals surface area contributed by atoms with Crippen molar-refractivity contribution in [3.63, 3.8) is 0 Å². The third-order valence-electron chi connectivity index (χ3n) is 6.92. The van der Waals surface area contributed by atoms with Crippen molar-refractivity contribution in [2.24, 2.45) is 0 Å². The highest BCUT2D eigenvalue weighted by molar-refractivity contribution is 5.84. The van der Waals surface area contributed by atoms with Gasteiger partial charge in [-0.1, -0.05) is 122 Å². The third kappa shape index (κ3) is 5.90. The van der Waals surface area contributed by atoms with E-state index in [1.165, 1.54) is 27.8 Å². The van der Waals surface area contributed by atoms with Crippen molar-refractivity contribution in [3.8, 4) is 11.1 Å². The highest BCUT2D eigenvalue weighted by Gasteiger charge is 2.15. The Balaban J connectivity index is 1.49. The van der Waals surface area contributed by atoms with Crippen molar-refractivity contribution in [3.05, 3.63) is 164 Å². The fourth-order valence-electron chi connectivity index (χ4n) is 4.93. The van der Waals surface area contributed by atoms with E-state index in [2.05, 4.69) is 139 Å². The lowest BCUT2D eigenvalue weighted by molar-refractivity contribution is 0.854. The van der Waals surface area contributed by atoms with E-state index in [0.29, 0.717) is 5.92 Å². The van der Waals surface area contributed by atoms with Gasteiger partial charge in [0.25, 0.3) is 0 Å². The first kappa shape index (κ1) is 24.3. The van der Waals surface area contributed by atoms with Crippen LogP contribution in [0.5, 0.6) is 0 Å². The largest absolute Gasteiger partial charge is 0.317 e. The maximum atomic E-state index is 3.79. The van der Waals surface area contributed by atoms with Gasteiger partial charge in [0, 0.05) is 23.4 Å². The summed E-state index contributed by atoms with van der Waals surface area (Å²) in [6.45, 7) is 3.79. The molecular formula is C36H33N. The minimum absolute atomic E-state index is 0.444. The molecule has 5 rings (SSSR count). The molecule has 0 N–H and O–H groups in total. The number of nitrogens with zero attached hydrogens (tertiary/aromatic N) is 1. The average molecular weight is 480 g/mol. The lowest BCUT2D eigenvalue weighted by Crippen LogP contribution is -2.10. The Morgan fingerprint density at radius 1 is 0.757 bits per heavy atom. The van der Waals surface area contributed by atoms with Crippen LogP contribution in [0.15, 0.2) is 152 Å². The number of rotatable bonds is 8. The maximum absolute atomic E-state index is 3.79. The molecule has 0 radical (unpaired) electrons. The van der Waals surface area contributed by atoms with Gasteiger partial charge in [0.15, 0.2) is 0 Å².